The molecule has 1 aromatic heterocycles. The van der Waals surface area contributed by atoms with Gasteiger partial charge >= 0.3 is 5.97 Å². The third-order valence-corrected chi connectivity index (χ3v) is 13.0. The summed E-state index contributed by atoms with van der Waals surface area (Å²) in [6.45, 7) is 22.7. The Hall–Kier alpha value is -2.17. The summed E-state index contributed by atoms with van der Waals surface area (Å²) < 4.78 is 132. The third-order valence-electron chi connectivity index (χ3n) is 10.8. The number of ether oxygens (including phenoxy) is 24. The van der Waals surface area contributed by atoms with Crippen LogP contribution in [0.25, 0.3) is 0 Å². The molecule has 0 aliphatic rings. The first kappa shape index (κ1) is 85.8. The number of hydrogen-bond donors (Lipinski definition) is 2. The molecule has 1 heterocycles. The molecule has 1 aromatic rings. The number of nitrogens with zero attached hydrogens (tertiary/aromatic N) is 1. The molecule has 530 valence electrons. The zero-order valence-corrected chi connectivity index (χ0v) is 55.0. The van der Waals surface area contributed by atoms with E-state index in [9.17, 15) is 9.59 Å². The summed E-state index contributed by atoms with van der Waals surface area (Å²) in [4.78, 5) is 26.5. The van der Waals surface area contributed by atoms with E-state index < -0.39 is 5.97 Å². The smallest absolute Gasteiger partial charge is 0.305 e. The summed E-state index contributed by atoms with van der Waals surface area (Å²) in [6.07, 6.45) is 2.20. The standard InChI is InChI=1S/C59H110N2O27S2/c62-57(5-56-89-90-58-3-1-2-6-61-58)60-7-9-66-11-13-68-15-17-70-19-21-72-23-25-74-27-29-76-31-33-78-35-37-80-39-41-82-43-45-84-47-49-86-51-53-88-55-54-87-52-50-85-48-46-83-44-42-81-40-38-79-36-34-77-32-30-75-28-26-73-24-22-71-20-18-69-16-14-67-12-10-65-8-4-59(63)64/h1-3,6H,4-5,7-56H2,(H,60,62)(H,63,64). The first-order valence-electron chi connectivity index (χ1n) is 31.2. The Morgan fingerprint density at radius 2 is 0.511 bits per heavy atom. The van der Waals surface area contributed by atoms with Crippen molar-refractivity contribution in [2.45, 2.75) is 17.9 Å². The summed E-state index contributed by atoms with van der Waals surface area (Å²) in [6, 6.07) is 5.77. The number of carbonyl (C=O) groups excluding carboxylic acids is 1. The molecule has 90 heavy (non-hydrogen) atoms. The molecule has 0 saturated heterocycles. The monoisotopic (exact) mass is 1340 g/mol. The van der Waals surface area contributed by atoms with E-state index in [1.54, 1.807) is 27.8 Å². The highest BCUT2D eigenvalue weighted by Gasteiger charge is 2.04. The minimum Gasteiger partial charge on any atom is -0.481 e. The second-order valence-corrected chi connectivity index (χ2v) is 20.4. The van der Waals surface area contributed by atoms with Gasteiger partial charge in [-0.25, -0.2) is 4.98 Å². The van der Waals surface area contributed by atoms with E-state index in [0.29, 0.717) is 329 Å². The zero-order chi connectivity index (χ0) is 64.1. The topological polar surface area (TPSA) is 301 Å². The summed E-state index contributed by atoms with van der Waals surface area (Å²) in [7, 11) is 3.18. The molecule has 0 aromatic carbocycles. The quantitative estimate of drug-likeness (QED) is 0.0698. The van der Waals surface area contributed by atoms with Crippen LogP contribution in [0.1, 0.15) is 12.8 Å². The van der Waals surface area contributed by atoms with Gasteiger partial charge in [0.1, 0.15) is 5.03 Å². The number of carbonyl (C=O) groups is 2. The average molecular weight is 1340 g/mol. The predicted octanol–water partition coefficient (Wildman–Crippen LogP) is 2.20. The average Bonchev–Trinajstić information content (AvgIpc) is 3.65. The molecule has 1 amide bonds. The Balaban J connectivity index is 1.59. The van der Waals surface area contributed by atoms with Gasteiger partial charge in [-0.05, 0) is 22.9 Å². The Kier molecular flexibility index (Phi) is 74.0. The number of rotatable bonds is 80. The summed E-state index contributed by atoms with van der Waals surface area (Å²) in [5.74, 6) is -0.156. The van der Waals surface area contributed by atoms with Crippen LogP contribution >= 0.6 is 21.6 Å². The van der Waals surface area contributed by atoms with Gasteiger partial charge < -0.3 is 124 Å². The van der Waals surface area contributed by atoms with Crippen LogP contribution in [0.4, 0.5) is 0 Å². The highest BCUT2D eigenvalue weighted by atomic mass is 33.1. The lowest BCUT2D eigenvalue weighted by Gasteiger charge is -2.09. The summed E-state index contributed by atoms with van der Waals surface area (Å²) >= 11 is 0. The van der Waals surface area contributed by atoms with Gasteiger partial charge in [0.25, 0.3) is 0 Å². The van der Waals surface area contributed by atoms with Crippen LogP contribution in [0.3, 0.4) is 0 Å². The second-order valence-electron chi connectivity index (χ2n) is 18.0. The maximum Gasteiger partial charge on any atom is 0.305 e. The van der Waals surface area contributed by atoms with Gasteiger partial charge in [-0.1, -0.05) is 16.9 Å². The third kappa shape index (κ3) is 74.9. The van der Waals surface area contributed by atoms with Crippen molar-refractivity contribution in [2.75, 3.05) is 329 Å². The van der Waals surface area contributed by atoms with Gasteiger partial charge in [0.2, 0.25) is 5.91 Å². The molecular formula is C59H110N2O27S2. The largest absolute Gasteiger partial charge is 0.481 e. The highest BCUT2D eigenvalue weighted by Crippen LogP contribution is 2.29. The fraction of sp³-hybridized carbons (Fsp3) is 0.881. The molecule has 0 radical (unpaired) electrons. The zero-order valence-electron chi connectivity index (χ0n) is 53.4. The first-order valence-corrected chi connectivity index (χ1v) is 33.5. The van der Waals surface area contributed by atoms with Crippen LogP contribution in [-0.4, -0.2) is 351 Å². The first-order chi connectivity index (χ1) is 44.7. The van der Waals surface area contributed by atoms with E-state index in [4.69, 9.17) is 119 Å². The fourth-order valence-corrected chi connectivity index (χ4v) is 8.17. The number of aromatic nitrogens is 1. The molecule has 0 aliphatic carbocycles. The van der Waals surface area contributed by atoms with Crippen molar-refractivity contribution in [2.24, 2.45) is 0 Å². The van der Waals surface area contributed by atoms with E-state index >= 15 is 0 Å². The molecule has 0 saturated carbocycles. The van der Waals surface area contributed by atoms with Crippen molar-refractivity contribution >= 4 is 33.5 Å². The molecular weight excluding hydrogens is 1230 g/mol. The van der Waals surface area contributed by atoms with Crippen LogP contribution in [0.15, 0.2) is 29.4 Å². The number of carboxylic acids is 1. The van der Waals surface area contributed by atoms with Crippen LogP contribution in [0.5, 0.6) is 0 Å². The molecule has 0 fully saturated rings. The minimum atomic E-state index is -0.881. The van der Waals surface area contributed by atoms with Crippen LogP contribution in [0, 0.1) is 0 Å². The molecule has 0 atom stereocenters. The van der Waals surface area contributed by atoms with Gasteiger partial charge in [-0.3, -0.25) is 9.59 Å². The summed E-state index contributed by atoms with van der Waals surface area (Å²) in [5, 5.41) is 12.3. The Labute approximate surface area is 541 Å². The van der Waals surface area contributed by atoms with Gasteiger partial charge in [-0.2, -0.15) is 0 Å². The lowest BCUT2D eigenvalue weighted by atomic mass is 10.4. The van der Waals surface area contributed by atoms with E-state index in [-0.39, 0.29) is 18.9 Å². The molecule has 2 N–H and O–H groups in total. The van der Waals surface area contributed by atoms with Crippen LogP contribution < -0.4 is 5.32 Å². The molecule has 1 rings (SSSR count). The number of nitrogens with one attached hydrogen (secondary N) is 1. The molecule has 0 spiro atoms. The molecule has 31 heteroatoms. The van der Waals surface area contributed by atoms with Crippen molar-refractivity contribution in [3.8, 4) is 0 Å². The summed E-state index contributed by atoms with van der Waals surface area (Å²) in [5.41, 5.74) is 0. The molecule has 0 aliphatic heterocycles. The maximum absolute atomic E-state index is 11.9. The van der Waals surface area contributed by atoms with E-state index in [1.165, 1.54) is 0 Å². The molecule has 0 bridgehead atoms. The van der Waals surface area contributed by atoms with E-state index in [1.807, 2.05) is 18.2 Å². The van der Waals surface area contributed by atoms with Gasteiger partial charge in [0.15, 0.2) is 0 Å². The lowest BCUT2D eigenvalue weighted by Crippen LogP contribution is -2.27. The van der Waals surface area contributed by atoms with E-state index in [0.717, 1.165) is 5.03 Å². The second kappa shape index (κ2) is 77.5. The van der Waals surface area contributed by atoms with Gasteiger partial charge in [0, 0.05) is 24.9 Å². The van der Waals surface area contributed by atoms with Crippen molar-refractivity contribution < 1.29 is 128 Å². The number of pyridine rings is 1. The van der Waals surface area contributed by atoms with Crippen LogP contribution in [-0.2, 0) is 123 Å². The predicted molar refractivity (Wildman–Crippen MR) is 332 cm³/mol. The van der Waals surface area contributed by atoms with Gasteiger partial charge in [-0.15, -0.1) is 0 Å². The molecule has 29 nitrogen and oxygen atoms in total. The lowest BCUT2D eigenvalue weighted by molar-refractivity contribution is -0.138. The minimum absolute atomic E-state index is 0.00958. The van der Waals surface area contributed by atoms with Crippen LogP contribution in [0.2, 0.25) is 0 Å². The fourth-order valence-electron chi connectivity index (χ4n) is 6.30. The van der Waals surface area contributed by atoms with Crippen molar-refractivity contribution in [1.29, 1.82) is 0 Å². The number of amides is 1. The van der Waals surface area contributed by atoms with Gasteiger partial charge in [0.05, 0.1) is 324 Å². The highest BCUT2D eigenvalue weighted by molar-refractivity contribution is 8.76. The Morgan fingerprint density at radius 1 is 0.300 bits per heavy atom. The SMILES string of the molecule is O=C(O)CCOCCOCCOCCOCCOCCOCCOCCOCCOCCOCCOCCOCCOCCOCCOCCOCCOCCOCCOCCOCCOCCOCCOCCOCCNC(=O)CCSSc1ccccn1. The molecule has 0 unspecified atom stereocenters. The maximum atomic E-state index is 11.9. The van der Waals surface area contributed by atoms with Crippen molar-refractivity contribution in [3.63, 3.8) is 0 Å². The Morgan fingerprint density at radius 3 is 0.711 bits per heavy atom. The normalized spacial score (nSPS) is 11.6. The number of hydrogen-bond acceptors (Lipinski definition) is 29. The number of aliphatic carboxylic acids is 1. The van der Waals surface area contributed by atoms with Crippen molar-refractivity contribution in [1.82, 2.24) is 10.3 Å². The van der Waals surface area contributed by atoms with E-state index in [2.05, 4.69) is 10.3 Å². The van der Waals surface area contributed by atoms with Crippen molar-refractivity contribution in [3.05, 3.63) is 24.4 Å². The Bertz CT molecular complexity index is 1560. The number of carboxylic acid groups (broad SMARTS) is 1.